The van der Waals surface area contributed by atoms with Crippen LogP contribution in [0.4, 0.5) is 4.39 Å². The normalized spacial score (nSPS) is 10.3. The Morgan fingerprint density at radius 3 is 2.42 bits per heavy atom. The minimum atomic E-state index is -0.413. The van der Waals surface area contributed by atoms with Gasteiger partial charge in [0.25, 0.3) is 0 Å². The van der Waals surface area contributed by atoms with Gasteiger partial charge in [-0.2, -0.15) is 0 Å². The van der Waals surface area contributed by atoms with E-state index < -0.39 is 5.82 Å². The quantitative estimate of drug-likeness (QED) is 0.768. The molecule has 0 fully saturated rings. The molecule has 0 aliphatic rings. The van der Waals surface area contributed by atoms with Gasteiger partial charge in [0.2, 0.25) is 0 Å². The molecule has 0 heterocycles. The zero-order chi connectivity index (χ0) is 14.0. The van der Waals surface area contributed by atoms with Gasteiger partial charge in [0.15, 0.2) is 5.78 Å². The number of ketones is 1. The first-order valence-corrected chi connectivity index (χ1v) is 6.53. The maximum Gasteiger partial charge on any atom is 0.193 e. The number of methoxy groups -OCH3 is 1. The van der Waals surface area contributed by atoms with E-state index in [-0.39, 0.29) is 10.3 Å². The molecule has 0 N–H and O–H groups in total. The van der Waals surface area contributed by atoms with Crippen LogP contribution in [-0.2, 0) is 0 Å². The Bertz CT molecular complexity index is 643. The maximum atomic E-state index is 13.1. The second-order valence-corrected chi connectivity index (χ2v) is 5.07. The predicted molar refractivity (Wildman–Crippen MR) is 75.5 cm³/mol. The van der Waals surface area contributed by atoms with E-state index in [0.717, 1.165) is 0 Å². The molecule has 0 aromatic heterocycles. The second-order valence-electron chi connectivity index (χ2n) is 3.81. The van der Waals surface area contributed by atoms with E-state index in [1.54, 1.807) is 12.1 Å². The molecule has 5 heteroatoms. The third-order valence-electron chi connectivity index (χ3n) is 2.60. The molecule has 2 rings (SSSR count). The molecule has 0 saturated carbocycles. The van der Waals surface area contributed by atoms with Gasteiger partial charge in [-0.1, -0.05) is 11.6 Å². The number of hydrogen-bond donors (Lipinski definition) is 0. The van der Waals surface area contributed by atoms with Crippen molar-refractivity contribution in [1.29, 1.82) is 0 Å². The molecular formula is C14H9BrClFO2. The van der Waals surface area contributed by atoms with Crippen LogP contribution in [0.3, 0.4) is 0 Å². The summed E-state index contributed by atoms with van der Waals surface area (Å²) in [6.45, 7) is 0. The van der Waals surface area contributed by atoms with Crippen LogP contribution < -0.4 is 4.74 Å². The maximum absolute atomic E-state index is 13.1. The summed E-state index contributed by atoms with van der Waals surface area (Å²) in [6.07, 6.45) is 0. The van der Waals surface area contributed by atoms with Crippen LogP contribution in [0.2, 0.25) is 5.02 Å². The number of rotatable bonds is 3. The molecule has 0 saturated heterocycles. The van der Waals surface area contributed by atoms with Gasteiger partial charge in [0.05, 0.1) is 16.6 Å². The Hall–Kier alpha value is -1.39. The van der Waals surface area contributed by atoms with Gasteiger partial charge in [-0.05, 0) is 52.3 Å². The zero-order valence-corrected chi connectivity index (χ0v) is 12.3. The molecule has 0 amide bonds. The van der Waals surface area contributed by atoms with Gasteiger partial charge >= 0.3 is 0 Å². The smallest absolute Gasteiger partial charge is 0.193 e. The van der Waals surface area contributed by atoms with Gasteiger partial charge in [-0.3, -0.25) is 4.79 Å². The van der Waals surface area contributed by atoms with Crippen LogP contribution >= 0.6 is 27.5 Å². The number of ether oxygens (including phenoxy) is 1. The molecule has 0 atom stereocenters. The summed E-state index contributed by atoms with van der Waals surface area (Å²) in [5, 5.41) is 0.356. The topological polar surface area (TPSA) is 26.3 Å². The van der Waals surface area contributed by atoms with E-state index in [2.05, 4.69) is 15.9 Å². The fourth-order valence-electron chi connectivity index (χ4n) is 1.61. The third-order valence-corrected chi connectivity index (χ3v) is 3.50. The summed E-state index contributed by atoms with van der Waals surface area (Å²) in [7, 11) is 1.50. The van der Waals surface area contributed by atoms with E-state index in [9.17, 15) is 9.18 Å². The Kier molecular flexibility index (Phi) is 4.22. The van der Waals surface area contributed by atoms with Crippen molar-refractivity contribution in [3.63, 3.8) is 0 Å². The predicted octanol–water partition coefficient (Wildman–Crippen LogP) is 4.48. The summed E-state index contributed by atoms with van der Waals surface area (Å²) in [5.74, 6) is -0.145. The molecule has 0 aliphatic heterocycles. The number of benzene rings is 2. The molecule has 2 aromatic carbocycles. The van der Waals surface area contributed by atoms with Gasteiger partial charge < -0.3 is 4.74 Å². The molecule has 0 radical (unpaired) electrons. The highest BCUT2D eigenvalue weighted by atomic mass is 79.9. The van der Waals surface area contributed by atoms with Crippen LogP contribution in [0, 0.1) is 5.82 Å². The molecule has 2 aromatic rings. The summed E-state index contributed by atoms with van der Waals surface area (Å²) < 4.78 is 18.4. The van der Waals surface area contributed by atoms with Crippen molar-refractivity contribution in [3.05, 3.63) is 62.8 Å². The highest BCUT2D eigenvalue weighted by Gasteiger charge is 2.13. The monoisotopic (exact) mass is 342 g/mol. The average molecular weight is 344 g/mol. The number of halogens is 3. The summed E-state index contributed by atoms with van der Waals surface area (Å²) in [5.41, 5.74) is 0.804. The van der Waals surface area contributed by atoms with Crippen molar-refractivity contribution in [2.45, 2.75) is 0 Å². The average Bonchev–Trinajstić information content (AvgIpc) is 2.41. The van der Waals surface area contributed by atoms with Crippen LogP contribution in [0.15, 0.2) is 40.9 Å². The van der Waals surface area contributed by atoms with Crippen molar-refractivity contribution in [2.24, 2.45) is 0 Å². The van der Waals surface area contributed by atoms with Crippen LogP contribution in [-0.4, -0.2) is 12.9 Å². The molecule has 19 heavy (non-hydrogen) atoms. The lowest BCUT2D eigenvalue weighted by Gasteiger charge is -2.06. The standard InChI is InChI=1S/C14H9BrClFO2/c1-19-13-5-3-9(7-11(13)16)14(18)8-2-4-12(17)10(15)6-8/h2-7H,1H3. The zero-order valence-electron chi connectivity index (χ0n) is 9.91. The van der Waals surface area contributed by atoms with Gasteiger partial charge in [-0.25, -0.2) is 4.39 Å². The van der Waals surface area contributed by atoms with E-state index >= 15 is 0 Å². The molecule has 0 unspecified atom stereocenters. The minimum absolute atomic E-state index is 0.231. The van der Waals surface area contributed by atoms with Crippen LogP contribution in [0.1, 0.15) is 15.9 Å². The SMILES string of the molecule is COc1ccc(C(=O)c2ccc(F)c(Br)c2)cc1Cl. The van der Waals surface area contributed by atoms with E-state index in [0.29, 0.717) is 21.9 Å². The fraction of sp³-hybridized carbons (Fsp3) is 0.0714. The lowest BCUT2D eigenvalue weighted by Crippen LogP contribution is -2.02. The third kappa shape index (κ3) is 2.96. The lowest BCUT2D eigenvalue weighted by molar-refractivity contribution is 0.103. The van der Waals surface area contributed by atoms with Gasteiger partial charge in [0, 0.05) is 11.1 Å². The number of carbonyl (C=O) groups is 1. The molecule has 0 bridgehead atoms. The molecule has 98 valence electrons. The van der Waals surface area contributed by atoms with E-state index in [1.807, 2.05) is 0 Å². The molecular weight excluding hydrogens is 335 g/mol. The van der Waals surface area contributed by atoms with Crippen LogP contribution in [0.25, 0.3) is 0 Å². The largest absolute Gasteiger partial charge is 0.495 e. The summed E-state index contributed by atoms with van der Waals surface area (Å²) >= 11 is 9.02. The highest BCUT2D eigenvalue weighted by Crippen LogP contribution is 2.26. The van der Waals surface area contributed by atoms with Crippen molar-refractivity contribution in [2.75, 3.05) is 7.11 Å². The molecule has 2 nitrogen and oxygen atoms in total. The minimum Gasteiger partial charge on any atom is -0.495 e. The Labute approximate surface area is 123 Å². The molecule has 0 spiro atoms. The van der Waals surface area contributed by atoms with Crippen molar-refractivity contribution < 1.29 is 13.9 Å². The highest BCUT2D eigenvalue weighted by molar-refractivity contribution is 9.10. The van der Waals surface area contributed by atoms with Crippen molar-refractivity contribution in [1.82, 2.24) is 0 Å². The van der Waals surface area contributed by atoms with Gasteiger partial charge in [-0.15, -0.1) is 0 Å². The van der Waals surface area contributed by atoms with E-state index in [4.69, 9.17) is 16.3 Å². The lowest BCUT2D eigenvalue weighted by atomic mass is 10.0. The van der Waals surface area contributed by atoms with Crippen molar-refractivity contribution >= 4 is 33.3 Å². The van der Waals surface area contributed by atoms with Crippen LogP contribution in [0.5, 0.6) is 5.75 Å². The first-order valence-electron chi connectivity index (χ1n) is 5.36. The first kappa shape index (κ1) is 14.0. The summed E-state index contributed by atoms with van der Waals surface area (Å²) in [6, 6.07) is 8.87. The summed E-state index contributed by atoms with van der Waals surface area (Å²) in [4.78, 5) is 12.2. The fourth-order valence-corrected chi connectivity index (χ4v) is 2.25. The van der Waals surface area contributed by atoms with E-state index in [1.165, 1.54) is 31.4 Å². The first-order chi connectivity index (χ1) is 9.02. The molecule has 0 aliphatic carbocycles. The number of hydrogen-bond acceptors (Lipinski definition) is 2. The Morgan fingerprint density at radius 2 is 1.84 bits per heavy atom. The van der Waals surface area contributed by atoms with Gasteiger partial charge in [0.1, 0.15) is 11.6 Å². The van der Waals surface area contributed by atoms with Crippen molar-refractivity contribution in [3.8, 4) is 5.75 Å². The number of carbonyl (C=O) groups excluding carboxylic acids is 1. The Morgan fingerprint density at radius 1 is 1.21 bits per heavy atom. The Balaban J connectivity index is 2.38. The second kappa shape index (κ2) is 5.72.